The van der Waals surface area contributed by atoms with Gasteiger partial charge in [0.15, 0.2) is 5.96 Å². The van der Waals surface area contributed by atoms with E-state index in [0.717, 1.165) is 10.7 Å². The molecule has 2 heterocycles. The highest BCUT2D eigenvalue weighted by Gasteiger charge is 2.35. The van der Waals surface area contributed by atoms with Crippen molar-refractivity contribution < 1.29 is 28.3 Å². The lowest BCUT2D eigenvalue weighted by Gasteiger charge is -2.26. The number of nitrogens with one attached hydrogen (secondary N) is 2. The van der Waals surface area contributed by atoms with Crippen LogP contribution in [0.25, 0.3) is 10.9 Å². The number of nitrogens with zero attached hydrogens (tertiary/aromatic N) is 3. The molecule has 0 spiro atoms. The van der Waals surface area contributed by atoms with Gasteiger partial charge in [-0.15, -0.1) is 0 Å². The number of aliphatic imine (C=N–C) groups is 1. The van der Waals surface area contributed by atoms with Crippen LogP contribution in [0.1, 0.15) is 34.3 Å². The number of primary amides is 2. The fourth-order valence-corrected chi connectivity index (χ4v) is 4.59. The first-order chi connectivity index (χ1) is 17.5. The average molecular weight is 578 g/mol. The molecule has 3 atom stereocenters. The van der Waals surface area contributed by atoms with E-state index in [1.165, 1.54) is 30.5 Å². The first-order valence-corrected chi connectivity index (χ1v) is 11.8. The van der Waals surface area contributed by atoms with Gasteiger partial charge in [0, 0.05) is 21.3 Å². The van der Waals surface area contributed by atoms with Crippen LogP contribution in [0.15, 0.2) is 46.0 Å². The van der Waals surface area contributed by atoms with E-state index in [-0.39, 0.29) is 35.7 Å². The van der Waals surface area contributed by atoms with E-state index in [1.807, 2.05) is 0 Å². The van der Waals surface area contributed by atoms with Gasteiger partial charge in [0.1, 0.15) is 18.0 Å². The highest BCUT2D eigenvalue weighted by molar-refractivity contribution is 9.10. The Balaban J connectivity index is 1.88. The number of hydrogen-bond acceptors (Lipinski definition) is 7. The maximum absolute atomic E-state index is 14.9. The molecule has 2 unspecified atom stereocenters. The maximum atomic E-state index is 14.9. The van der Waals surface area contributed by atoms with Crippen molar-refractivity contribution in [3.8, 4) is 0 Å². The zero-order valence-corrected chi connectivity index (χ0v) is 20.7. The summed E-state index contributed by atoms with van der Waals surface area (Å²) in [6, 6.07) is 5.30. The number of benzene rings is 2. The van der Waals surface area contributed by atoms with Crippen molar-refractivity contribution in [3.63, 3.8) is 0 Å². The fourth-order valence-electron chi connectivity index (χ4n) is 4.21. The first-order valence-electron chi connectivity index (χ1n) is 11.0. The molecule has 0 bridgehead atoms. The van der Waals surface area contributed by atoms with E-state index in [0.29, 0.717) is 15.5 Å². The molecule has 37 heavy (non-hydrogen) atoms. The van der Waals surface area contributed by atoms with Crippen molar-refractivity contribution in [1.29, 1.82) is 0 Å². The molecule has 0 saturated carbocycles. The molecule has 1 aromatic heterocycles. The minimum atomic E-state index is -1.45. The lowest BCUT2D eigenvalue weighted by atomic mass is 9.87. The van der Waals surface area contributed by atoms with Crippen molar-refractivity contribution in [2.75, 3.05) is 18.4 Å². The molecule has 3 aromatic rings. The Kier molecular flexibility index (Phi) is 7.38. The summed E-state index contributed by atoms with van der Waals surface area (Å²) in [6.07, 6.45) is -0.422. The number of halogens is 3. The summed E-state index contributed by atoms with van der Waals surface area (Å²) >= 11 is 3.24. The minimum absolute atomic E-state index is 0.0303. The van der Waals surface area contributed by atoms with Crippen LogP contribution < -0.4 is 22.1 Å². The van der Waals surface area contributed by atoms with Crippen molar-refractivity contribution in [2.45, 2.75) is 24.6 Å². The number of amides is 2. The Labute approximate surface area is 217 Å². The van der Waals surface area contributed by atoms with E-state index in [2.05, 4.69) is 36.7 Å². The van der Waals surface area contributed by atoms with Crippen molar-refractivity contribution in [2.24, 2.45) is 16.5 Å². The standard InChI is InChI=1S/C23H22BrF2N7O4/c24-11-1-2-16(26)13(5-11)14(6-19(34)35)20(22(28)37)33-18-4-10(21(27)36)3-17(15(18)9-31-33)32-23-29-7-12(25)8-30-23/h1-5,9,12,14,20H,6-8H2,(H2,27,36)(H2,28,37)(H,34,35)(H2,29,30,32)/t14-,20?/m0/s1. The van der Waals surface area contributed by atoms with Crippen LogP contribution in [0.4, 0.5) is 14.5 Å². The second kappa shape index (κ2) is 10.5. The molecule has 0 aliphatic carbocycles. The number of fused-ring (bicyclic) bond motifs is 1. The molecule has 2 aromatic carbocycles. The minimum Gasteiger partial charge on any atom is -0.481 e. The predicted octanol–water partition coefficient (Wildman–Crippen LogP) is 2.03. The number of carboxylic acid groups (broad SMARTS) is 1. The second-order valence-corrected chi connectivity index (χ2v) is 9.34. The van der Waals surface area contributed by atoms with Crippen LogP contribution >= 0.6 is 15.9 Å². The van der Waals surface area contributed by atoms with Crippen LogP contribution in [0.5, 0.6) is 0 Å². The number of carbonyl (C=O) groups is 3. The fraction of sp³-hybridized carbons (Fsp3) is 0.261. The molecule has 4 rings (SSSR count). The number of anilines is 1. The van der Waals surface area contributed by atoms with Crippen LogP contribution in [-0.2, 0) is 9.59 Å². The van der Waals surface area contributed by atoms with E-state index >= 15 is 0 Å². The second-order valence-electron chi connectivity index (χ2n) is 8.42. The van der Waals surface area contributed by atoms with E-state index in [4.69, 9.17) is 11.5 Å². The van der Waals surface area contributed by atoms with Gasteiger partial charge < -0.3 is 27.2 Å². The first kappa shape index (κ1) is 26.0. The largest absolute Gasteiger partial charge is 0.481 e. The molecule has 0 radical (unpaired) electrons. The Morgan fingerprint density at radius 3 is 2.65 bits per heavy atom. The number of aliphatic carboxylic acids is 1. The molecule has 7 N–H and O–H groups in total. The van der Waals surface area contributed by atoms with Crippen LogP contribution in [-0.4, -0.2) is 57.9 Å². The third-order valence-corrected chi connectivity index (χ3v) is 6.37. The van der Waals surface area contributed by atoms with Gasteiger partial charge in [-0.1, -0.05) is 15.9 Å². The molecule has 194 valence electrons. The molecule has 0 fully saturated rings. The zero-order valence-electron chi connectivity index (χ0n) is 19.1. The summed E-state index contributed by atoms with van der Waals surface area (Å²) < 4.78 is 29.9. The topological polar surface area (TPSA) is 178 Å². The third kappa shape index (κ3) is 5.53. The number of guanidine groups is 1. The van der Waals surface area contributed by atoms with Crippen LogP contribution in [0.3, 0.4) is 0 Å². The zero-order chi connectivity index (χ0) is 26.9. The van der Waals surface area contributed by atoms with E-state index in [1.54, 1.807) is 0 Å². The number of alkyl halides is 1. The average Bonchev–Trinajstić information content (AvgIpc) is 3.25. The van der Waals surface area contributed by atoms with Crippen molar-refractivity contribution >= 4 is 56.3 Å². The molecule has 11 nitrogen and oxygen atoms in total. The summed E-state index contributed by atoms with van der Waals surface area (Å²) in [5.74, 6) is -4.80. The Morgan fingerprint density at radius 1 is 1.27 bits per heavy atom. The van der Waals surface area contributed by atoms with Crippen molar-refractivity contribution in [1.82, 2.24) is 15.1 Å². The normalized spacial score (nSPS) is 16.9. The molecule has 2 amide bonds. The summed E-state index contributed by atoms with van der Waals surface area (Å²) in [6.45, 7) is -0.0331. The quantitative estimate of drug-likeness (QED) is 0.272. The van der Waals surface area contributed by atoms with Gasteiger partial charge in [0.05, 0.1) is 36.9 Å². The molecule has 1 aliphatic rings. The Morgan fingerprint density at radius 2 is 2.03 bits per heavy atom. The van der Waals surface area contributed by atoms with Gasteiger partial charge >= 0.3 is 5.97 Å². The van der Waals surface area contributed by atoms with E-state index in [9.17, 15) is 28.3 Å². The molecule has 14 heteroatoms. The number of rotatable bonds is 8. The summed E-state index contributed by atoms with van der Waals surface area (Å²) in [5.41, 5.74) is 11.7. The number of carbonyl (C=O) groups excluding carboxylic acids is 2. The highest BCUT2D eigenvalue weighted by atomic mass is 79.9. The SMILES string of the molecule is NC(=O)c1cc(NC2=NCC(F)CN2)c2cnn(C(C(N)=O)[C@@H](CC(=O)O)c3cc(Br)ccc3F)c2c1. The molecular formula is C23H22BrF2N7O4. The van der Waals surface area contributed by atoms with Gasteiger partial charge in [-0.25, -0.2) is 13.8 Å². The summed E-state index contributed by atoms with van der Waals surface area (Å²) in [5, 5.41) is 20.0. The molecule has 0 saturated heterocycles. The molecule has 1 aliphatic heterocycles. The summed E-state index contributed by atoms with van der Waals surface area (Å²) in [4.78, 5) is 40.7. The Hall–Kier alpha value is -4.07. The van der Waals surface area contributed by atoms with Gasteiger partial charge in [0.2, 0.25) is 11.8 Å². The van der Waals surface area contributed by atoms with Gasteiger partial charge in [-0.3, -0.25) is 19.1 Å². The van der Waals surface area contributed by atoms with E-state index < -0.39 is 48.2 Å². The van der Waals surface area contributed by atoms with Gasteiger partial charge in [-0.05, 0) is 35.9 Å². The number of aromatic nitrogens is 2. The lowest BCUT2D eigenvalue weighted by molar-refractivity contribution is -0.138. The smallest absolute Gasteiger partial charge is 0.304 e. The highest BCUT2D eigenvalue weighted by Crippen LogP contribution is 2.37. The monoisotopic (exact) mass is 577 g/mol. The third-order valence-electron chi connectivity index (χ3n) is 5.88. The number of nitrogens with two attached hydrogens (primary N) is 2. The number of carboxylic acids is 1. The van der Waals surface area contributed by atoms with Gasteiger partial charge in [-0.2, -0.15) is 5.10 Å². The summed E-state index contributed by atoms with van der Waals surface area (Å²) in [7, 11) is 0. The van der Waals surface area contributed by atoms with Crippen LogP contribution in [0, 0.1) is 5.82 Å². The van der Waals surface area contributed by atoms with Crippen LogP contribution in [0.2, 0.25) is 0 Å². The lowest BCUT2D eigenvalue weighted by Crippen LogP contribution is -2.41. The number of hydrogen-bond donors (Lipinski definition) is 5. The maximum Gasteiger partial charge on any atom is 0.304 e. The predicted molar refractivity (Wildman–Crippen MR) is 134 cm³/mol. The molecular weight excluding hydrogens is 556 g/mol. The Bertz CT molecular complexity index is 1430. The van der Waals surface area contributed by atoms with Crippen molar-refractivity contribution in [3.05, 3.63) is 57.9 Å². The van der Waals surface area contributed by atoms with Gasteiger partial charge in [0.25, 0.3) is 0 Å².